The van der Waals surface area contributed by atoms with Gasteiger partial charge in [-0.2, -0.15) is 0 Å². The third-order valence-electron chi connectivity index (χ3n) is 5.30. The summed E-state index contributed by atoms with van der Waals surface area (Å²) in [7, 11) is -3.80. The van der Waals surface area contributed by atoms with E-state index in [1.807, 2.05) is 38.1 Å². The largest absolute Gasteiger partial charge is 0.322 e. The van der Waals surface area contributed by atoms with Crippen LogP contribution in [-0.4, -0.2) is 20.9 Å². The van der Waals surface area contributed by atoms with Gasteiger partial charge in [-0.05, 0) is 86.8 Å². The minimum Gasteiger partial charge on any atom is -0.322 e. The number of fused-ring (bicyclic) bond motifs is 1. The van der Waals surface area contributed by atoms with Gasteiger partial charge in [-0.1, -0.05) is 17.2 Å². The molecule has 160 valence electrons. The summed E-state index contributed by atoms with van der Waals surface area (Å²) in [6, 6.07) is 15.7. The molecule has 4 rings (SSSR count). The summed E-state index contributed by atoms with van der Waals surface area (Å²) >= 11 is 0. The van der Waals surface area contributed by atoms with E-state index in [1.165, 1.54) is 16.4 Å². The first-order valence-electron chi connectivity index (χ1n) is 10.0. The molecule has 0 radical (unpaired) electrons. The van der Waals surface area contributed by atoms with Crippen molar-refractivity contribution in [1.82, 2.24) is 0 Å². The third-order valence-corrected chi connectivity index (χ3v) is 7.13. The van der Waals surface area contributed by atoms with Crippen molar-refractivity contribution in [2.24, 2.45) is 0 Å². The Kier molecular flexibility index (Phi) is 5.54. The van der Waals surface area contributed by atoms with Crippen LogP contribution in [0.4, 0.5) is 15.8 Å². The number of hydrogen-bond acceptors (Lipinski definition) is 3. The lowest BCUT2D eigenvalue weighted by Gasteiger charge is -2.31. The predicted molar refractivity (Wildman–Crippen MR) is 120 cm³/mol. The number of halogens is 1. The lowest BCUT2D eigenvalue weighted by molar-refractivity contribution is 0.102. The average Bonchev–Trinajstić information content (AvgIpc) is 2.72. The minimum absolute atomic E-state index is 0.0500. The molecule has 0 aromatic heterocycles. The Morgan fingerprint density at radius 3 is 2.32 bits per heavy atom. The molecule has 1 aliphatic rings. The maximum atomic E-state index is 13.2. The second-order valence-corrected chi connectivity index (χ2v) is 9.67. The average molecular weight is 439 g/mol. The zero-order valence-electron chi connectivity index (χ0n) is 17.4. The lowest BCUT2D eigenvalue weighted by atomic mass is 10.0. The van der Waals surface area contributed by atoms with Crippen molar-refractivity contribution in [2.75, 3.05) is 16.2 Å². The van der Waals surface area contributed by atoms with Gasteiger partial charge in [0.2, 0.25) is 0 Å². The Bertz CT molecular complexity index is 1230. The van der Waals surface area contributed by atoms with Crippen molar-refractivity contribution < 1.29 is 17.6 Å². The summed E-state index contributed by atoms with van der Waals surface area (Å²) < 4.78 is 40.8. The van der Waals surface area contributed by atoms with Gasteiger partial charge in [-0.3, -0.25) is 9.10 Å². The van der Waals surface area contributed by atoms with Crippen LogP contribution in [0, 0.1) is 19.7 Å². The minimum atomic E-state index is -3.80. The summed E-state index contributed by atoms with van der Waals surface area (Å²) in [5.41, 5.74) is 4.64. The van der Waals surface area contributed by atoms with Crippen molar-refractivity contribution in [2.45, 2.75) is 31.6 Å². The normalized spacial score (nSPS) is 13.6. The van der Waals surface area contributed by atoms with Gasteiger partial charge in [-0.15, -0.1) is 0 Å². The SMILES string of the molecule is Cc1cc(C)cc(C(=O)Nc2ccc3c(c2)CCCN3S(=O)(=O)c2ccc(F)cc2)c1. The highest BCUT2D eigenvalue weighted by molar-refractivity contribution is 7.92. The maximum Gasteiger partial charge on any atom is 0.264 e. The molecule has 0 saturated carbocycles. The fraction of sp³-hybridized carbons (Fsp3) is 0.208. The number of benzene rings is 3. The molecule has 0 spiro atoms. The van der Waals surface area contributed by atoms with Gasteiger partial charge in [0.05, 0.1) is 10.6 Å². The summed E-state index contributed by atoms with van der Waals surface area (Å²) in [5.74, 6) is -0.694. The number of sulfonamides is 1. The van der Waals surface area contributed by atoms with Gasteiger partial charge >= 0.3 is 0 Å². The molecule has 1 amide bonds. The Morgan fingerprint density at radius 2 is 1.65 bits per heavy atom. The third kappa shape index (κ3) is 4.32. The molecule has 0 unspecified atom stereocenters. The second kappa shape index (κ2) is 8.15. The molecule has 0 atom stereocenters. The molecule has 0 aliphatic carbocycles. The molecule has 1 heterocycles. The van der Waals surface area contributed by atoms with Gasteiger partial charge in [0.15, 0.2) is 0 Å². The summed E-state index contributed by atoms with van der Waals surface area (Å²) in [6.07, 6.45) is 1.36. The van der Waals surface area contributed by atoms with Crippen molar-refractivity contribution in [3.63, 3.8) is 0 Å². The Hall–Kier alpha value is -3.19. The van der Waals surface area contributed by atoms with Crippen LogP contribution in [0.15, 0.2) is 65.6 Å². The maximum absolute atomic E-state index is 13.2. The zero-order valence-corrected chi connectivity index (χ0v) is 18.2. The van der Waals surface area contributed by atoms with Crippen LogP contribution < -0.4 is 9.62 Å². The standard InChI is InChI=1S/C24H23FN2O3S/c1-16-12-17(2)14-19(13-16)24(28)26-21-7-10-23-18(15-21)4-3-11-27(23)31(29,30)22-8-5-20(25)6-9-22/h5-10,12-15H,3-4,11H2,1-2H3,(H,26,28). The van der Waals surface area contributed by atoms with Crippen LogP contribution in [0.25, 0.3) is 0 Å². The topological polar surface area (TPSA) is 66.5 Å². The van der Waals surface area contributed by atoms with E-state index in [-0.39, 0.29) is 10.8 Å². The smallest absolute Gasteiger partial charge is 0.264 e. The molecular formula is C24H23FN2O3S. The van der Waals surface area contributed by atoms with Crippen LogP contribution in [0.5, 0.6) is 0 Å². The van der Waals surface area contributed by atoms with Crippen LogP contribution in [-0.2, 0) is 16.4 Å². The summed E-state index contributed by atoms with van der Waals surface area (Å²) in [4.78, 5) is 12.7. The molecular weight excluding hydrogens is 415 g/mol. The molecule has 5 nitrogen and oxygen atoms in total. The summed E-state index contributed by atoms with van der Waals surface area (Å²) in [6.45, 7) is 4.23. The molecule has 1 aliphatic heterocycles. The fourth-order valence-electron chi connectivity index (χ4n) is 3.93. The molecule has 3 aromatic carbocycles. The fourth-order valence-corrected chi connectivity index (χ4v) is 5.47. The second-order valence-electron chi connectivity index (χ2n) is 7.81. The number of nitrogens with zero attached hydrogens (tertiary/aromatic N) is 1. The van der Waals surface area contributed by atoms with Crippen molar-refractivity contribution in [1.29, 1.82) is 0 Å². The Morgan fingerprint density at radius 1 is 0.968 bits per heavy atom. The van der Waals surface area contributed by atoms with Gasteiger partial charge in [-0.25, -0.2) is 12.8 Å². The first kappa shape index (κ1) is 21.1. The predicted octanol–water partition coefficient (Wildman–Crippen LogP) is 4.84. The first-order chi connectivity index (χ1) is 14.7. The molecule has 0 bridgehead atoms. The highest BCUT2D eigenvalue weighted by Crippen LogP contribution is 2.34. The Labute approximate surface area is 181 Å². The van der Waals surface area contributed by atoms with Crippen LogP contribution >= 0.6 is 0 Å². The van der Waals surface area contributed by atoms with Crippen molar-refractivity contribution >= 4 is 27.3 Å². The van der Waals surface area contributed by atoms with E-state index in [0.29, 0.717) is 36.3 Å². The van der Waals surface area contributed by atoms with E-state index in [2.05, 4.69) is 5.32 Å². The van der Waals surface area contributed by atoms with E-state index in [9.17, 15) is 17.6 Å². The van der Waals surface area contributed by atoms with E-state index in [0.717, 1.165) is 28.8 Å². The number of nitrogens with one attached hydrogen (secondary N) is 1. The number of anilines is 2. The monoisotopic (exact) mass is 438 g/mol. The van der Waals surface area contributed by atoms with E-state index >= 15 is 0 Å². The zero-order chi connectivity index (χ0) is 22.2. The van der Waals surface area contributed by atoms with E-state index in [1.54, 1.807) is 12.1 Å². The highest BCUT2D eigenvalue weighted by atomic mass is 32.2. The highest BCUT2D eigenvalue weighted by Gasteiger charge is 2.29. The number of rotatable bonds is 4. The van der Waals surface area contributed by atoms with Gasteiger partial charge in [0, 0.05) is 17.8 Å². The van der Waals surface area contributed by atoms with Gasteiger partial charge < -0.3 is 5.32 Å². The first-order valence-corrected chi connectivity index (χ1v) is 11.5. The van der Waals surface area contributed by atoms with E-state index in [4.69, 9.17) is 0 Å². The number of amides is 1. The van der Waals surface area contributed by atoms with Crippen LogP contribution in [0.3, 0.4) is 0 Å². The number of carbonyl (C=O) groups is 1. The Balaban J connectivity index is 1.61. The number of aryl methyl sites for hydroxylation is 3. The molecule has 3 aromatic rings. The van der Waals surface area contributed by atoms with Crippen LogP contribution in [0.1, 0.15) is 33.5 Å². The number of hydrogen-bond donors (Lipinski definition) is 1. The molecule has 31 heavy (non-hydrogen) atoms. The van der Waals surface area contributed by atoms with E-state index < -0.39 is 15.8 Å². The van der Waals surface area contributed by atoms with Crippen molar-refractivity contribution in [3.05, 3.63) is 88.7 Å². The van der Waals surface area contributed by atoms with Gasteiger partial charge in [0.1, 0.15) is 5.82 Å². The molecule has 0 saturated heterocycles. The lowest BCUT2D eigenvalue weighted by Crippen LogP contribution is -2.35. The molecule has 1 N–H and O–H groups in total. The summed E-state index contributed by atoms with van der Waals surface area (Å²) in [5, 5.41) is 2.91. The number of carbonyl (C=O) groups excluding carboxylic acids is 1. The molecule has 7 heteroatoms. The quantitative estimate of drug-likeness (QED) is 0.634. The van der Waals surface area contributed by atoms with Crippen molar-refractivity contribution in [3.8, 4) is 0 Å². The van der Waals surface area contributed by atoms with Gasteiger partial charge in [0.25, 0.3) is 15.9 Å². The molecule has 0 fully saturated rings. The van der Waals surface area contributed by atoms with Crippen LogP contribution in [0.2, 0.25) is 0 Å².